The second-order valence-corrected chi connectivity index (χ2v) is 8.29. The second-order valence-electron chi connectivity index (χ2n) is 8.29. The van der Waals surface area contributed by atoms with Crippen LogP contribution in [0.2, 0.25) is 0 Å². The van der Waals surface area contributed by atoms with Crippen molar-refractivity contribution >= 4 is 11.7 Å². The maximum absolute atomic E-state index is 12.8. The Morgan fingerprint density at radius 1 is 1.11 bits per heavy atom. The molecule has 2 fully saturated rings. The van der Waals surface area contributed by atoms with Crippen LogP contribution in [0.3, 0.4) is 0 Å². The van der Waals surface area contributed by atoms with Gasteiger partial charge in [-0.2, -0.15) is 0 Å². The number of nitrogens with zero attached hydrogens (tertiary/aromatic N) is 5. The smallest absolute Gasteiger partial charge is 0.274 e. The summed E-state index contributed by atoms with van der Waals surface area (Å²) in [5.74, 6) is 1.77. The summed E-state index contributed by atoms with van der Waals surface area (Å²) >= 11 is 0. The van der Waals surface area contributed by atoms with Gasteiger partial charge < -0.3 is 19.4 Å². The van der Waals surface area contributed by atoms with E-state index in [2.05, 4.69) is 38.9 Å². The summed E-state index contributed by atoms with van der Waals surface area (Å²) in [6.45, 7) is 5.76. The zero-order valence-corrected chi connectivity index (χ0v) is 16.2. The number of hydrogen-bond donors (Lipinski definition) is 0. The summed E-state index contributed by atoms with van der Waals surface area (Å²) in [5, 5.41) is 0. The third kappa shape index (κ3) is 3.09. The van der Waals surface area contributed by atoms with Crippen LogP contribution < -0.4 is 9.64 Å². The van der Waals surface area contributed by atoms with Crippen LogP contribution in [0.25, 0.3) is 0 Å². The van der Waals surface area contributed by atoms with E-state index in [1.54, 1.807) is 12.4 Å². The van der Waals surface area contributed by atoms with Gasteiger partial charge in [0, 0.05) is 44.7 Å². The fraction of sp³-hybridized carbons (Fsp3) is 0.476. The fourth-order valence-electron chi connectivity index (χ4n) is 4.39. The minimum atomic E-state index is -0.0207. The molecule has 1 spiro atoms. The zero-order chi connectivity index (χ0) is 19.1. The van der Waals surface area contributed by atoms with E-state index >= 15 is 0 Å². The predicted molar refractivity (Wildman–Crippen MR) is 106 cm³/mol. The van der Waals surface area contributed by atoms with Crippen LogP contribution in [0, 0.1) is 5.41 Å². The van der Waals surface area contributed by atoms with Crippen molar-refractivity contribution in [3.8, 4) is 5.75 Å². The molecule has 0 bridgehead atoms. The Morgan fingerprint density at radius 2 is 1.89 bits per heavy atom. The van der Waals surface area contributed by atoms with Crippen molar-refractivity contribution < 1.29 is 9.53 Å². The van der Waals surface area contributed by atoms with Gasteiger partial charge in [0.1, 0.15) is 17.3 Å². The van der Waals surface area contributed by atoms with Crippen LogP contribution in [0.1, 0.15) is 16.1 Å². The topological polar surface area (TPSA) is 61.8 Å². The molecule has 3 aliphatic heterocycles. The van der Waals surface area contributed by atoms with Crippen LogP contribution in [0.15, 0.2) is 36.7 Å². The monoisotopic (exact) mass is 379 g/mol. The van der Waals surface area contributed by atoms with Gasteiger partial charge in [0.25, 0.3) is 5.91 Å². The third-order valence-electron chi connectivity index (χ3n) is 6.08. The molecule has 2 aromatic rings. The number of likely N-dealkylation sites (N-methyl/N-ethyl adjacent to an activating group) is 1. The molecule has 0 atom stereocenters. The molecule has 7 nitrogen and oxygen atoms in total. The number of fused-ring (bicyclic) bond motifs is 1. The van der Waals surface area contributed by atoms with Crippen molar-refractivity contribution in [2.45, 2.75) is 6.42 Å². The summed E-state index contributed by atoms with van der Waals surface area (Å²) in [7, 11) is 2.08. The first kappa shape index (κ1) is 17.4. The van der Waals surface area contributed by atoms with Crippen LogP contribution in [-0.4, -0.2) is 78.6 Å². The molecule has 0 N–H and O–H groups in total. The lowest BCUT2D eigenvalue weighted by Gasteiger charge is -2.52. The number of anilines is 1. The molecule has 0 saturated carbocycles. The van der Waals surface area contributed by atoms with E-state index in [1.165, 1.54) is 5.56 Å². The number of ether oxygens (including phenoxy) is 1. The van der Waals surface area contributed by atoms with E-state index in [1.807, 2.05) is 17.0 Å². The minimum Gasteiger partial charge on any atom is -0.493 e. The quantitative estimate of drug-likeness (QED) is 0.784. The van der Waals surface area contributed by atoms with Gasteiger partial charge in [-0.15, -0.1) is 0 Å². The first-order valence-corrected chi connectivity index (χ1v) is 9.87. The van der Waals surface area contributed by atoms with Crippen molar-refractivity contribution in [1.82, 2.24) is 19.8 Å². The molecule has 28 heavy (non-hydrogen) atoms. The molecule has 2 saturated heterocycles. The number of piperazine rings is 1. The summed E-state index contributed by atoms with van der Waals surface area (Å²) in [5.41, 5.74) is 1.85. The number of amides is 1. The standard InChI is InChI=1S/C21H25N5O2/c1-24-6-8-25(9-7-24)20(27)17-11-22-12-19(23-17)26-13-21(14-26)10-16-4-2-3-5-18(16)28-15-21/h2-5,11-12H,6-10,13-15H2,1H3. The molecule has 0 aliphatic carbocycles. The molecule has 0 unspecified atom stereocenters. The van der Waals surface area contributed by atoms with Crippen LogP contribution in [-0.2, 0) is 6.42 Å². The average molecular weight is 379 g/mol. The number of para-hydroxylation sites is 1. The summed E-state index contributed by atoms with van der Waals surface area (Å²) in [6, 6.07) is 8.27. The fourth-order valence-corrected chi connectivity index (χ4v) is 4.39. The van der Waals surface area contributed by atoms with Crippen molar-refractivity contribution in [3.63, 3.8) is 0 Å². The molecule has 7 heteroatoms. The molecule has 146 valence electrons. The van der Waals surface area contributed by atoms with Gasteiger partial charge in [-0.05, 0) is 25.1 Å². The number of benzene rings is 1. The van der Waals surface area contributed by atoms with Crippen molar-refractivity contribution in [3.05, 3.63) is 47.9 Å². The highest BCUT2D eigenvalue weighted by Gasteiger charge is 2.47. The molecule has 3 aliphatic rings. The second kappa shape index (κ2) is 6.74. The molecular formula is C21H25N5O2. The number of rotatable bonds is 2. The molecule has 4 heterocycles. The summed E-state index contributed by atoms with van der Waals surface area (Å²) < 4.78 is 5.99. The predicted octanol–water partition coefficient (Wildman–Crippen LogP) is 1.31. The maximum atomic E-state index is 12.8. The number of hydrogen-bond acceptors (Lipinski definition) is 6. The Bertz CT molecular complexity index is 888. The molecule has 1 aromatic carbocycles. The zero-order valence-electron chi connectivity index (χ0n) is 16.2. The van der Waals surface area contributed by atoms with Gasteiger partial charge >= 0.3 is 0 Å². The van der Waals surface area contributed by atoms with Crippen LogP contribution >= 0.6 is 0 Å². The Kier molecular flexibility index (Phi) is 4.19. The Morgan fingerprint density at radius 3 is 2.71 bits per heavy atom. The van der Waals surface area contributed by atoms with E-state index in [9.17, 15) is 4.79 Å². The third-order valence-corrected chi connectivity index (χ3v) is 6.08. The van der Waals surface area contributed by atoms with Crippen molar-refractivity contribution in [2.24, 2.45) is 5.41 Å². The highest BCUT2D eigenvalue weighted by molar-refractivity contribution is 5.92. The molecule has 0 radical (unpaired) electrons. The van der Waals surface area contributed by atoms with Gasteiger partial charge in [-0.3, -0.25) is 9.78 Å². The van der Waals surface area contributed by atoms with Crippen molar-refractivity contribution in [2.75, 3.05) is 57.8 Å². The Hall–Kier alpha value is -2.67. The van der Waals surface area contributed by atoms with E-state index in [0.29, 0.717) is 5.69 Å². The van der Waals surface area contributed by atoms with Gasteiger partial charge in [0.2, 0.25) is 0 Å². The number of carbonyl (C=O) groups is 1. The normalized spacial score (nSPS) is 21.0. The highest BCUT2D eigenvalue weighted by atomic mass is 16.5. The Balaban J connectivity index is 1.26. The lowest BCUT2D eigenvalue weighted by Crippen LogP contribution is -2.61. The lowest BCUT2D eigenvalue weighted by molar-refractivity contribution is 0.0657. The minimum absolute atomic E-state index is 0.0207. The van der Waals surface area contributed by atoms with E-state index in [0.717, 1.165) is 63.9 Å². The largest absolute Gasteiger partial charge is 0.493 e. The van der Waals surface area contributed by atoms with Gasteiger partial charge in [0.15, 0.2) is 0 Å². The summed E-state index contributed by atoms with van der Waals surface area (Å²) in [6.07, 6.45) is 4.36. The molecule has 1 aromatic heterocycles. The van der Waals surface area contributed by atoms with Gasteiger partial charge in [-0.25, -0.2) is 4.98 Å². The highest BCUT2D eigenvalue weighted by Crippen LogP contribution is 2.42. The molecule has 1 amide bonds. The van der Waals surface area contributed by atoms with Gasteiger partial charge in [-0.1, -0.05) is 18.2 Å². The number of aromatic nitrogens is 2. The summed E-state index contributed by atoms with van der Waals surface area (Å²) in [4.78, 5) is 28.0. The van der Waals surface area contributed by atoms with Crippen molar-refractivity contribution in [1.29, 1.82) is 0 Å². The first-order chi connectivity index (χ1) is 13.6. The van der Waals surface area contributed by atoms with E-state index < -0.39 is 0 Å². The van der Waals surface area contributed by atoms with Crippen LogP contribution in [0.5, 0.6) is 5.75 Å². The lowest BCUT2D eigenvalue weighted by atomic mass is 9.74. The maximum Gasteiger partial charge on any atom is 0.274 e. The molecular weight excluding hydrogens is 354 g/mol. The SMILES string of the molecule is CN1CCN(C(=O)c2cncc(N3CC4(COc5ccccc5C4)C3)n2)CC1. The number of carbonyl (C=O) groups excluding carboxylic acids is 1. The van der Waals surface area contributed by atoms with E-state index in [4.69, 9.17) is 4.74 Å². The average Bonchev–Trinajstić information content (AvgIpc) is 2.72. The Labute approximate surface area is 164 Å². The van der Waals surface area contributed by atoms with Gasteiger partial charge in [0.05, 0.1) is 19.0 Å². The van der Waals surface area contributed by atoms with Crippen LogP contribution in [0.4, 0.5) is 5.82 Å². The van der Waals surface area contributed by atoms with E-state index in [-0.39, 0.29) is 11.3 Å². The molecule has 5 rings (SSSR count). The first-order valence-electron chi connectivity index (χ1n) is 9.87.